The predicted octanol–water partition coefficient (Wildman–Crippen LogP) is 2.97. The van der Waals surface area contributed by atoms with Crippen LogP contribution in [-0.4, -0.2) is 22.2 Å². The van der Waals surface area contributed by atoms with E-state index in [2.05, 4.69) is 0 Å². The molecule has 136 valence electrons. The van der Waals surface area contributed by atoms with Gasteiger partial charge in [0.05, 0.1) is 0 Å². The van der Waals surface area contributed by atoms with Crippen molar-refractivity contribution in [3.05, 3.63) is 91.0 Å². The number of rotatable bonds is 6. The van der Waals surface area contributed by atoms with Gasteiger partial charge in [-0.3, -0.25) is 0 Å². The van der Waals surface area contributed by atoms with Gasteiger partial charge in [0.15, 0.2) is 0 Å². The van der Waals surface area contributed by atoms with Crippen molar-refractivity contribution in [1.82, 2.24) is 0 Å². The Bertz CT molecular complexity index is 875. The van der Waals surface area contributed by atoms with E-state index < -0.39 is 17.2 Å². The summed E-state index contributed by atoms with van der Waals surface area (Å²) in [5.41, 5.74) is 0. The zero-order valence-corrected chi connectivity index (χ0v) is 16.4. The van der Waals surface area contributed by atoms with Crippen LogP contribution in [0.2, 0.25) is 0 Å². The number of hydrogen-bond acceptors (Lipinski definition) is 4. The van der Waals surface area contributed by atoms with E-state index in [1.54, 1.807) is 0 Å². The molecule has 0 heterocycles. The molecule has 0 unspecified atom stereocenters. The first-order valence-corrected chi connectivity index (χ1v) is 12.0. The average Bonchev–Trinajstić information content (AvgIpc) is 2.70. The summed E-state index contributed by atoms with van der Waals surface area (Å²) < 4.78 is 35.8. The van der Waals surface area contributed by atoms with Crippen LogP contribution in [0, 0.1) is 0 Å². The molecular formula is C20H21O4PS. The Morgan fingerprint density at radius 1 is 0.654 bits per heavy atom. The summed E-state index contributed by atoms with van der Waals surface area (Å²) in [4.78, 5) is 0. The zero-order chi connectivity index (χ0) is 18.7. The molecule has 0 amide bonds. The first-order valence-electron chi connectivity index (χ1n) is 8.11. The molecule has 0 atom stereocenters. The second-order valence-corrected chi connectivity index (χ2v) is 12.3. The first kappa shape index (κ1) is 18.7. The maximum atomic E-state index is 12.5. The van der Waals surface area contributed by atoms with E-state index in [0.717, 1.165) is 23.0 Å². The summed E-state index contributed by atoms with van der Waals surface area (Å²) in [7, 11) is -3.11. The minimum atomic E-state index is -4.22. The van der Waals surface area contributed by atoms with Crippen molar-refractivity contribution >= 4 is 33.1 Å². The van der Waals surface area contributed by atoms with Crippen molar-refractivity contribution in [3.63, 3.8) is 0 Å². The first-order chi connectivity index (χ1) is 12.4. The summed E-state index contributed by atoms with van der Waals surface area (Å²) in [5.74, 6) is 0. The van der Waals surface area contributed by atoms with Gasteiger partial charge in [-0.1, -0.05) is 0 Å². The summed E-state index contributed by atoms with van der Waals surface area (Å²) in [6, 6.07) is 28.4. The fourth-order valence-corrected chi connectivity index (χ4v) is 9.86. The Balaban J connectivity index is 2.47. The van der Waals surface area contributed by atoms with Crippen molar-refractivity contribution in [2.24, 2.45) is 0 Å². The standard InChI is InChI=1S/C20H21O4PS/c1-23-26(21,22)24-25(2,18-12-6-3-7-13-18,19-14-8-4-9-15-19)20-16-10-5-11-17-20/h3-17H,1-2H3. The SMILES string of the molecule is COS(=O)(=O)OP(C)(c1ccccc1)(c1ccccc1)c1ccccc1. The summed E-state index contributed by atoms with van der Waals surface area (Å²) in [5, 5.41) is 2.41. The molecule has 0 bridgehead atoms. The van der Waals surface area contributed by atoms with Gasteiger partial charge >= 0.3 is 154 Å². The van der Waals surface area contributed by atoms with E-state index in [0.29, 0.717) is 0 Å². The van der Waals surface area contributed by atoms with E-state index >= 15 is 0 Å². The van der Waals surface area contributed by atoms with Crippen LogP contribution in [0.15, 0.2) is 91.0 Å². The van der Waals surface area contributed by atoms with E-state index in [4.69, 9.17) is 8.15 Å². The van der Waals surface area contributed by atoms with Crippen LogP contribution in [0.25, 0.3) is 0 Å². The van der Waals surface area contributed by atoms with E-state index in [1.165, 1.54) is 0 Å². The Kier molecular flexibility index (Phi) is 5.00. The van der Waals surface area contributed by atoms with Crippen LogP contribution >= 0.6 is 6.83 Å². The van der Waals surface area contributed by atoms with Crippen molar-refractivity contribution < 1.29 is 16.6 Å². The fraction of sp³-hybridized carbons (Fsp3) is 0.100. The van der Waals surface area contributed by atoms with Crippen LogP contribution in [0.5, 0.6) is 0 Å². The molecule has 3 rings (SSSR count). The van der Waals surface area contributed by atoms with Crippen LogP contribution in [-0.2, 0) is 18.6 Å². The second-order valence-electron chi connectivity index (χ2n) is 6.12. The predicted molar refractivity (Wildman–Crippen MR) is 108 cm³/mol. The third kappa shape index (κ3) is 3.08. The third-order valence-electron chi connectivity index (χ3n) is 4.62. The average molecular weight is 388 g/mol. The minimum absolute atomic E-state index is 0.802. The number of hydrogen-bond donors (Lipinski definition) is 0. The van der Waals surface area contributed by atoms with Gasteiger partial charge in [0.25, 0.3) is 0 Å². The Morgan fingerprint density at radius 2 is 0.962 bits per heavy atom. The molecular weight excluding hydrogens is 367 g/mol. The molecule has 0 saturated heterocycles. The van der Waals surface area contributed by atoms with Gasteiger partial charge in [0, 0.05) is 0 Å². The molecule has 0 saturated carbocycles. The number of benzene rings is 3. The molecule has 4 nitrogen and oxygen atoms in total. The van der Waals surface area contributed by atoms with Crippen LogP contribution in [0.3, 0.4) is 0 Å². The van der Waals surface area contributed by atoms with E-state index in [1.807, 2.05) is 97.7 Å². The molecule has 0 aliphatic carbocycles. The molecule has 3 aromatic carbocycles. The topological polar surface area (TPSA) is 52.6 Å². The molecule has 0 aliphatic rings. The molecule has 0 N–H and O–H groups in total. The molecule has 6 heteroatoms. The second kappa shape index (κ2) is 6.93. The van der Waals surface area contributed by atoms with Gasteiger partial charge in [-0.05, 0) is 0 Å². The quantitative estimate of drug-likeness (QED) is 0.610. The van der Waals surface area contributed by atoms with Crippen molar-refractivity contribution in [2.45, 2.75) is 0 Å². The van der Waals surface area contributed by atoms with Crippen molar-refractivity contribution in [1.29, 1.82) is 0 Å². The van der Waals surface area contributed by atoms with Gasteiger partial charge in [-0.25, -0.2) is 0 Å². The van der Waals surface area contributed by atoms with Crippen molar-refractivity contribution in [3.8, 4) is 0 Å². The van der Waals surface area contributed by atoms with Gasteiger partial charge in [-0.2, -0.15) is 0 Å². The molecule has 26 heavy (non-hydrogen) atoms. The van der Waals surface area contributed by atoms with Crippen molar-refractivity contribution in [2.75, 3.05) is 13.8 Å². The van der Waals surface area contributed by atoms with Gasteiger partial charge in [-0.15, -0.1) is 0 Å². The summed E-state index contributed by atoms with van der Waals surface area (Å²) >= 11 is 0. The summed E-state index contributed by atoms with van der Waals surface area (Å²) in [6.45, 7) is -1.92. The Hall–Kier alpha value is -2.04. The molecule has 3 aromatic rings. The molecule has 0 radical (unpaired) electrons. The van der Waals surface area contributed by atoms with Gasteiger partial charge in [0.2, 0.25) is 0 Å². The molecule has 0 spiro atoms. The normalized spacial score (nSPS) is 13.7. The monoisotopic (exact) mass is 388 g/mol. The molecule has 0 fully saturated rings. The van der Waals surface area contributed by atoms with E-state index in [-0.39, 0.29) is 0 Å². The van der Waals surface area contributed by atoms with Gasteiger partial charge < -0.3 is 0 Å². The van der Waals surface area contributed by atoms with Gasteiger partial charge in [0.1, 0.15) is 0 Å². The zero-order valence-electron chi connectivity index (χ0n) is 14.6. The Morgan fingerprint density at radius 3 is 1.23 bits per heavy atom. The Labute approximate surface area is 154 Å². The maximum absolute atomic E-state index is 12.5. The van der Waals surface area contributed by atoms with E-state index in [9.17, 15) is 8.42 Å². The molecule has 0 aliphatic heterocycles. The fourth-order valence-electron chi connectivity index (χ4n) is 3.20. The van der Waals surface area contributed by atoms with Crippen LogP contribution in [0.1, 0.15) is 0 Å². The van der Waals surface area contributed by atoms with Crippen LogP contribution < -0.4 is 15.9 Å². The van der Waals surface area contributed by atoms with Crippen LogP contribution in [0.4, 0.5) is 0 Å². The third-order valence-corrected chi connectivity index (χ3v) is 11.9. The molecule has 0 aromatic heterocycles. The summed E-state index contributed by atoms with van der Waals surface area (Å²) in [6.07, 6.45) is 0.